The normalized spacial score (nSPS) is 10.1. The molecule has 2 rings (SSSR count). The van der Waals surface area contributed by atoms with E-state index in [1.54, 1.807) is 14.1 Å². The first-order valence-corrected chi connectivity index (χ1v) is 6.66. The second kappa shape index (κ2) is 9.17. The molecule has 2 aromatic rings. The Balaban J connectivity index is 0.000000220. The SMILES string of the molecule is CNCc1c(F)cccc1F.CNCc1c(F)cccc1F. The molecule has 120 valence electrons. The van der Waals surface area contributed by atoms with Gasteiger partial charge in [-0.2, -0.15) is 0 Å². The van der Waals surface area contributed by atoms with E-state index in [1.165, 1.54) is 36.4 Å². The van der Waals surface area contributed by atoms with Gasteiger partial charge in [0.05, 0.1) is 0 Å². The van der Waals surface area contributed by atoms with Gasteiger partial charge in [0.1, 0.15) is 23.3 Å². The fourth-order valence-electron chi connectivity index (χ4n) is 1.76. The zero-order chi connectivity index (χ0) is 16.5. The average Bonchev–Trinajstić information content (AvgIpc) is 2.48. The third-order valence-corrected chi connectivity index (χ3v) is 2.83. The molecule has 0 aliphatic carbocycles. The summed E-state index contributed by atoms with van der Waals surface area (Å²) in [6.07, 6.45) is 0. The molecule has 6 heteroatoms. The zero-order valence-corrected chi connectivity index (χ0v) is 12.4. The zero-order valence-electron chi connectivity index (χ0n) is 12.4. The first-order chi connectivity index (χ1) is 10.5. The van der Waals surface area contributed by atoms with Crippen molar-refractivity contribution in [2.24, 2.45) is 0 Å². The Bertz CT molecular complexity index is 509. The highest BCUT2D eigenvalue weighted by Gasteiger charge is 2.06. The van der Waals surface area contributed by atoms with Crippen LogP contribution >= 0.6 is 0 Å². The lowest BCUT2D eigenvalue weighted by molar-refractivity contribution is 0.545. The summed E-state index contributed by atoms with van der Waals surface area (Å²) < 4.78 is 51.0. The van der Waals surface area contributed by atoms with Crippen LogP contribution in [0.2, 0.25) is 0 Å². The maximum atomic E-state index is 12.8. The summed E-state index contributed by atoms with van der Waals surface area (Å²) in [6.45, 7) is 0.441. The van der Waals surface area contributed by atoms with E-state index in [-0.39, 0.29) is 24.2 Å². The van der Waals surface area contributed by atoms with E-state index >= 15 is 0 Å². The Morgan fingerprint density at radius 1 is 0.636 bits per heavy atom. The van der Waals surface area contributed by atoms with Crippen LogP contribution in [0.3, 0.4) is 0 Å². The number of rotatable bonds is 4. The second-order valence-electron chi connectivity index (χ2n) is 4.46. The Labute approximate surface area is 127 Å². The summed E-state index contributed by atoms with van der Waals surface area (Å²) in [5, 5.41) is 5.37. The first-order valence-electron chi connectivity index (χ1n) is 6.66. The van der Waals surface area contributed by atoms with Crippen LogP contribution in [0, 0.1) is 23.3 Å². The summed E-state index contributed by atoms with van der Waals surface area (Å²) in [5.41, 5.74) is 0.185. The molecule has 0 aliphatic rings. The van der Waals surface area contributed by atoms with Crippen molar-refractivity contribution in [3.63, 3.8) is 0 Å². The molecule has 0 atom stereocenters. The number of hydrogen-bond donors (Lipinski definition) is 2. The van der Waals surface area contributed by atoms with E-state index in [0.717, 1.165) is 0 Å². The fourth-order valence-corrected chi connectivity index (χ4v) is 1.76. The van der Waals surface area contributed by atoms with Gasteiger partial charge in [0.25, 0.3) is 0 Å². The van der Waals surface area contributed by atoms with Gasteiger partial charge in [-0.1, -0.05) is 12.1 Å². The van der Waals surface area contributed by atoms with Gasteiger partial charge in [0.15, 0.2) is 0 Å². The van der Waals surface area contributed by atoms with Crippen molar-refractivity contribution in [1.82, 2.24) is 10.6 Å². The maximum Gasteiger partial charge on any atom is 0.130 e. The van der Waals surface area contributed by atoms with Crippen molar-refractivity contribution in [3.8, 4) is 0 Å². The predicted molar refractivity (Wildman–Crippen MR) is 78.2 cm³/mol. The first kappa shape index (κ1) is 18.1. The van der Waals surface area contributed by atoms with E-state index in [4.69, 9.17) is 0 Å². The molecule has 0 aliphatic heterocycles. The average molecular weight is 314 g/mol. The second-order valence-corrected chi connectivity index (χ2v) is 4.46. The predicted octanol–water partition coefficient (Wildman–Crippen LogP) is 3.37. The molecule has 0 aromatic heterocycles. The Kier molecular flexibility index (Phi) is 7.56. The molecule has 0 bridgehead atoms. The molecule has 0 saturated heterocycles. The lowest BCUT2D eigenvalue weighted by atomic mass is 10.2. The maximum absolute atomic E-state index is 12.8. The molecule has 0 heterocycles. The topological polar surface area (TPSA) is 24.1 Å². The van der Waals surface area contributed by atoms with E-state index < -0.39 is 23.3 Å². The third-order valence-electron chi connectivity index (χ3n) is 2.83. The van der Waals surface area contributed by atoms with Crippen LogP contribution in [0.5, 0.6) is 0 Å². The number of halogens is 4. The highest BCUT2D eigenvalue weighted by Crippen LogP contribution is 2.11. The quantitative estimate of drug-likeness (QED) is 0.846. The van der Waals surface area contributed by atoms with Crippen molar-refractivity contribution in [1.29, 1.82) is 0 Å². The van der Waals surface area contributed by atoms with Crippen LogP contribution in [-0.2, 0) is 13.1 Å². The van der Waals surface area contributed by atoms with E-state index in [9.17, 15) is 17.6 Å². The number of benzene rings is 2. The smallest absolute Gasteiger partial charge is 0.130 e. The van der Waals surface area contributed by atoms with Crippen LogP contribution in [0.4, 0.5) is 17.6 Å². The van der Waals surface area contributed by atoms with E-state index in [0.29, 0.717) is 0 Å². The van der Waals surface area contributed by atoms with Gasteiger partial charge in [-0.3, -0.25) is 0 Å². The molecule has 0 amide bonds. The lowest BCUT2D eigenvalue weighted by Crippen LogP contribution is -2.08. The van der Waals surface area contributed by atoms with Crippen molar-refractivity contribution in [2.45, 2.75) is 13.1 Å². The molecule has 2 nitrogen and oxygen atoms in total. The molecule has 0 saturated carbocycles. The van der Waals surface area contributed by atoms with Crippen molar-refractivity contribution in [2.75, 3.05) is 14.1 Å². The van der Waals surface area contributed by atoms with Crippen LogP contribution in [0.25, 0.3) is 0 Å². The molecule has 2 aromatic carbocycles. The molecular formula is C16H18F4N2. The van der Waals surface area contributed by atoms with Crippen LogP contribution in [0.1, 0.15) is 11.1 Å². The third kappa shape index (κ3) is 5.13. The van der Waals surface area contributed by atoms with Crippen LogP contribution in [0.15, 0.2) is 36.4 Å². The van der Waals surface area contributed by atoms with Gasteiger partial charge in [-0.25, -0.2) is 17.6 Å². The largest absolute Gasteiger partial charge is 0.315 e. The minimum atomic E-state index is -0.501. The molecule has 0 radical (unpaired) electrons. The van der Waals surface area contributed by atoms with Gasteiger partial charge in [0.2, 0.25) is 0 Å². The van der Waals surface area contributed by atoms with Gasteiger partial charge in [-0.15, -0.1) is 0 Å². The van der Waals surface area contributed by atoms with Crippen molar-refractivity contribution < 1.29 is 17.6 Å². The minimum absolute atomic E-state index is 0.0926. The number of nitrogens with one attached hydrogen (secondary N) is 2. The Hall–Kier alpha value is -1.92. The van der Waals surface area contributed by atoms with Crippen molar-refractivity contribution >= 4 is 0 Å². The Morgan fingerprint density at radius 3 is 1.14 bits per heavy atom. The lowest BCUT2D eigenvalue weighted by Gasteiger charge is -2.02. The summed E-state index contributed by atoms with van der Waals surface area (Å²) in [5.74, 6) is -2.00. The molecule has 2 N–H and O–H groups in total. The van der Waals surface area contributed by atoms with Gasteiger partial charge < -0.3 is 10.6 Å². The molecule has 0 fully saturated rings. The highest BCUT2D eigenvalue weighted by atomic mass is 19.1. The van der Waals surface area contributed by atoms with Gasteiger partial charge in [0, 0.05) is 24.2 Å². The standard InChI is InChI=1S/2C8H9F2N/c2*1-11-5-6-7(9)3-2-4-8(6)10/h2*2-4,11H,5H2,1H3. The number of hydrogen-bond acceptors (Lipinski definition) is 2. The summed E-state index contributed by atoms with van der Waals surface area (Å²) in [6, 6.07) is 7.69. The monoisotopic (exact) mass is 314 g/mol. The van der Waals surface area contributed by atoms with E-state index in [2.05, 4.69) is 10.6 Å². The molecule has 0 unspecified atom stereocenters. The van der Waals surface area contributed by atoms with Crippen LogP contribution in [-0.4, -0.2) is 14.1 Å². The summed E-state index contributed by atoms with van der Waals surface area (Å²) in [7, 11) is 3.29. The van der Waals surface area contributed by atoms with Crippen LogP contribution < -0.4 is 10.6 Å². The molecule has 22 heavy (non-hydrogen) atoms. The fraction of sp³-hybridized carbons (Fsp3) is 0.250. The van der Waals surface area contributed by atoms with Crippen molar-refractivity contribution in [3.05, 3.63) is 70.8 Å². The molecular weight excluding hydrogens is 296 g/mol. The Morgan fingerprint density at radius 2 is 0.909 bits per heavy atom. The molecule has 0 spiro atoms. The summed E-state index contributed by atoms with van der Waals surface area (Å²) >= 11 is 0. The van der Waals surface area contributed by atoms with E-state index in [1.807, 2.05) is 0 Å². The summed E-state index contributed by atoms with van der Waals surface area (Å²) in [4.78, 5) is 0. The minimum Gasteiger partial charge on any atom is -0.315 e. The van der Waals surface area contributed by atoms with Gasteiger partial charge in [-0.05, 0) is 38.4 Å². The highest BCUT2D eigenvalue weighted by molar-refractivity contribution is 5.19. The van der Waals surface area contributed by atoms with Gasteiger partial charge >= 0.3 is 0 Å².